The van der Waals surface area contributed by atoms with Gasteiger partial charge in [-0.2, -0.15) is 4.31 Å². The Morgan fingerprint density at radius 3 is 2.69 bits per heavy atom. The third-order valence-corrected chi connectivity index (χ3v) is 3.70. The summed E-state index contributed by atoms with van der Waals surface area (Å²) in [6.45, 7) is 1.25. The largest absolute Gasteiger partial charge is 0.480 e. The van der Waals surface area contributed by atoms with E-state index >= 15 is 0 Å². The summed E-state index contributed by atoms with van der Waals surface area (Å²) in [5.74, 6) is -0.663. The molecule has 0 saturated heterocycles. The second-order valence-corrected chi connectivity index (χ2v) is 5.22. The van der Waals surface area contributed by atoms with E-state index in [1.54, 1.807) is 0 Å². The number of aliphatic carboxylic acids is 1. The number of hydrogen-bond acceptors (Lipinski definition) is 4. The molecule has 1 heterocycles. The molecule has 1 aromatic heterocycles. The number of nitrogens with zero attached hydrogens (tertiary/aromatic N) is 2. The van der Waals surface area contributed by atoms with Crippen molar-refractivity contribution in [1.82, 2.24) is 14.3 Å². The lowest BCUT2D eigenvalue weighted by Crippen LogP contribution is -2.32. The summed E-state index contributed by atoms with van der Waals surface area (Å²) in [7, 11) is -2.58. The quantitative estimate of drug-likeness (QED) is 0.742. The number of aromatic nitrogens is 2. The minimum atomic E-state index is -3.79. The lowest BCUT2D eigenvalue weighted by molar-refractivity contribution is -0.137. The van der Waals surface area contributed by atoms with Crippen molar-refractivity contribution in [3.8, 4) is 0 Å². The number of sulfonamides is 1. The molecular formula is C8H13N3O4S. The van der Waals surface area contributed by atoms with Crippen LogP contribution in [0.15, 0.2) is 11.2 Å². The van der Waals surface area contributed by atoms with Gasteiger partial charge in [0.25, 0.3) is 10.0 Å². The van der Waals surface area contributed by atoms with Crippen molar-refractivity contribution >= 4 is 16.0 Å². The van der Waals surface area contributed by atoms with Gasteiger partial charge in [-0.25, -0.2) is 13.4 Å². The van der Waals surface area contributed by atoms with E-state index in [4.69, 9.17) is 5.11 Å². The van der Waals surface area contributed by atoms with Gasteiger partial charge in [-0.1, -0.05) is 6.92 Å². The van der Waals surface area contributed by atoms with Crippen LogP contribution in [0.4, 0.5) is 0 Å². The summed E-state index contributed by atoms with van der Waals surface area (Å²) in [5.41, 5.74) is 0. The van der Waals surface area contributed by atoms with Gasteiger partial charge in [-0.05, 0) is 0 Å². The number of carboxylic acid groups (broad SMARTS) is 1. The van der Waals surface area contributed by atoms with Crippen molar-refractivity contribution in [3.05, 3.63) is 12.0 Å². The SMILES string of the molecule is CCc1ncc(S(=O)(=O)N(C)CC(=O)O)[nH]1. The Morgan fingerprint density at radius 1 is 1.62 bits per heavy atom. The normalized spacial score (nSPS) is 11.9. The van der Waals surface area contributed by atoms with Crippen LogP contribution in [0.3, 0.4) is 0 Å². The van der Waals surface area contributed by atoms with E-state index in [2.05, 4.69) is 9.97 Å². The molecule has 0 fully saturated rings. The number of nitrogens with one attached hydrogen (secondary N) is 1. The van der Waals surface area contributed by atoms with Crippen molar-refractivity contribution in [2.45, 2.75) is 18.4 Å². The first-order chi connectivity index (χ1) is 7.37. The highest BCUT2D eigenvalue weighted by Gasteiger charge is 2.24. The van der Waals surface area contributed by atoms with Gasteiger partial charge in [0.15, 0.2) is 5.03 Å². The molecule has 0 spiro atoms. The van der Waals surface area contributed by atoms with Crippen LogP contribution in [0.25, 0.3) is 0 Å². The van der Waals surface area contributed by atoms with Gasteiger partial charge in [0.1, 0.15) is 12.4 Å². The highest BCUT2D eigenvalue weighted by molar-refractivity contribution is 7.89. The molecule has 0 aliphatic rings. The van der Waals surface area contributed by atoms with Crippen LogP contribution in [0.1, 0.15) is 12.7 Å². The fraction of sp³-hybridized carbons (Fsp3) is 0.500. The van der Waals surface area contributed by atoms with E-state index < -0.39 is 22.5 Å². The molecule has 0 aromatic carbocycles. The topological polar surface area (TPSA) is 103 Å². The smallest absolute Gasteiger partial charge is 0.318 e. The molecule has 1 rings (SSSR count). The molecule has 0 radical (unpaired) electrons. The van der Waals surface area contributed by atoms with Gasteiger partial charge < -0.3 is 10.1 Å². The fourth-order valence-electron chi connectivity index (χ4n) is 1.10. The van der Waals surface area contributed by atoms with E-state index in [1.165, 1.54) is 13.2 Å². The third-order valence-electron chi connectivity index (χ3n) is 1.99. The Balaban J connectivity index is 2.97. The molecule has 0 bridgehead atoms. The molecule has 0 aliphatic carbocycles. The highest BCUT2D eigenvalue weighted by atomic mass is 32.2. The highest BCUT2D eigenvalue weighted by Crippen LogP contribution is 2.11. The Kier molecular flexibility index (Phi) is 3.66. The molecular weight excluding hydrogens is 234 g/mol. The summed E-state index contributed by atoms with van der Waals surface area (Å²) in [5, 5.41) is 8.42. The molecule has 1 aromatic rings. The lowest BCUT2D eigenvalue weighted by atomic mass is 10.5. The zero-order chi connectivity index (χ0) is 12.3. The second-order valence-electron chi connectivity index (χ2n) is 3.20. The van der Waals surface area contributed by atoms with Gasteiger partial charge in [0, 0.05) is 13.5 Å². The Labute approximate surface area is 93.2 Å². The third kappa shape index (κ3) is 2.58. The molecule has 8 heteroatoms. The number of aryl methyl sites for hydroxylation is 1. The van der Waals surface area contributed by atoms with E-state index in [9.17, 15) is 13.2 Å². The number of rotatable bonds is 5. The first kappa shape index (κ1) is 12.7. The van der Waals surface area contributed by atoms with Crippen LogP contribution < -0.4 is 0 Å². The first-order valence-electron chi connectivity index (χ1n) is 4.60. The Morgan fingerprint density at radius 2 is 2.25 bits per heavy atom. The molecule has 90 valence electrons. The summed E-state index contributed by atoms with van der Waals surface area (Å²) >= 11 is 0. The molecule has 0 amide bonds. The van der Waals surface area contributed by atoms with Gasteiger partial charge in [-0.3, -0.25) is 4.79 Å². The van der Waals surface area contributed by atoms with Crippen molar-refractivity contribution < 1.29 is 18.3 Å². The Hall–Kier alpha value is -1.41. The zero-order valence-corrected chi connectivity index (χ0v) is 9.78. The molecule has 0 saturated carbocycles. The van der Waals surface area contributed by atoms with Crippen molar-refractivity contribution in [3.63, 3.8) is 0 Å². The van der Waals surface area contributed by atoms with Crippen molar-refractivity contribution in [2.24, 2.45) is 0 Å². The number of likely N-dealkylation sites (N-methyl/N-ethyl adjacent to an activating group) is 1. The number of H-pyrrole nitrogens is 1. The van der Waals surface area contributed by atoms with E-state index in [1.807, 2.05) is 6.92 Å². The maximum Gasteiger partial charge on any atom is 0.318 e. The number of carbonyl (C=O) groups is 1. The molecule has 7 nitrogen and oxygen atoms in total. The van der Waals surface area contributed by atoms with Crippen LogP contribution >= 0.6 is 0 Å². The minimum absolute atomic E-state index is 0.0897. The molecule has 16 heavy (non-hydrogen) atoms. The van der Waals surface area contributed by atoms with Crippen LogP contribution in [0, 0.1) is 0 Å². The molecule has 0 unspecified atom stereocenters. The maximum atomic E-state index is 11.8. The number of hydrogen-bond donors (Lipinski definition) is 2. The predicted octanol–water partition coefficient (Wildman–Crippen LogP) is -0.323. The van der Waals surface area contributed by atoms with Crippen LogP contribution in [-0.2, 0) is 21.2 Å². The van der Waals surface area contributed by atoms with Gasteiger partial charge >= 0.3 is 5.97 Å². The average Bonchev–Trinajstić information content (AvgIpc) is 2.65. The predicted molar refractivity (Wildman–Crippen MR) is 55.4 cm³/mol. The summed E-state index contributed by atoms with van der Waals surface area (Å²) in [4.78, 5) is 16.9. The molecule has 0 atom stereocenters. The first-order valence-corrected chi connectivity index (χ1v) is 6.04. The number of imidazole rings is 1. The summed E-state index contributed by atoms with van der Waals surface area (Å²) in [6, 6.07) is 0. The standard InChI is InChI=1S/C8H13N3O4S/c1-3-6-9-4-7(10-6)16(14,15)11(2)5-8(12)13/h4H,3,5H2,1-2H3,(H,9,10)(H,12,13). The van der Waals surface area contributed by atoms with Crippen molar-refractivity contribution in [1.29, 1.82) is 0 Å². The van der Waals surface area contributed by atoms with Crippen molar-refractivity contribution in [2.75, 3.05) is 13.6 Å². The minimum Gasteiger partial charge on any atom is -0.480 e. The second kappa shape index (κ2) is 4.62. The van der Waals surface area contributed by atoms with Gasteiger partial charge in [-0.15, -0.1) is 0 Å². The fourth-order valence-corrected chi connectivity index (χ4v) is 2.15. The monoisotopic (exact) mass is 247 g/mol. The van der Waals surface area contributed by atoms with Crippen LogP contribution in [0.2, 0.25) is 0 Å². The number of aromatic amines is 1. The van der Waals surface area contributed by atoms with Crippen LogP contribution in [0.5, 0.6) is 0 Å². The summed E-state index contributed by atoms with van der Waals surface area (Å²) in [6.07, 6.45) is 1.77. The van der Waals surface area contributed by atoms with Gasteiger partial charge in [0.2, 0.25) is 0 Å². The van der Waals surface area contributed by atoms with E-state index in [0.29, 0.717) is 12.2 Å². The lowest BCUT2D eigenvalue weighted by Gasteiger charge is -2.12. The maximum absolute atomic E-state index is 11.8. The van der Waals surface area contributed by atoms with E-state index in [-0.39, 0.29) is 5.03 Å². The Bertz CT molecular complexity index is 479. The van der Waals surface area contributed by atoms with Crippen LogP contribution in [-0.4, -0.2) is 47.4 Å². The molecule has 0 aliphatic heterocycles. The summed E-state index contributed by atoms with van der Waals surface area (Å²) < 4.78 is 24.3. The van der Waals surface area contributed by atoms with Gasteiger partial charge in [0.05, 0.1) is 6.20 Å². The van der Waals surface area contributed by atoms with E-state index in [0.717, 1.165) is 4.31 Å². The molecule has 2 N–H and O–H groups in total. The number of carboxylic acids is 1. The zero-order valence-electron chi connectivity index (χ0n) is 8.97. The average molecular weight is 247 g/mol.